The van der Waals surface area contributed by atoms with Crippen molar-refractivity contribution >= 4 is 10.0 Å². The van der Waals surface area contributed by atoms with Gasteiger partial charge in [-0.05, 0) is 35.2 Å². The normalized spacial score (nSPS) is 18.7. The lowest BCUT2D eigenvalue weighted by atomic mass is 9.90. The van der Waals surface area contributed by atoms with Gasteiger partial charge in [-0.25, -0.2) is 8.42 Å². The third-order valence-corrected chi connectivity index (χ3v) is 5.32. The molecule has 0 aliphatic carbocycles. The number of methoxy groups -OCH3 is 1. The molecule has 0 saturated heterocycles. The fraction of sp³-hybridized carbons (Fsp3) is 0.294. The average Bonchev–Trinajstić information content (AvgIpc) is 2.53. The molecule has 0 spiro atoms. The van der Waals surface area contributed by atoms with Crippen LogP contribution in [0.15, 0.2) is 48.5 Å². The van der Waals surface area contributed by atoms with Crippen molar-refractivity contribution in [2.45, 2.75) is 12.5 Å². The first kappa shape index (κ1) is 15.1. The summed E-state index contributed by atoms with van der Waals surface area (Å²) in [4.78, 5) is 0. The van der Waals surface area contributed by atoms with E-state index in [1.807, 2.05) is 48.5 Å². The third kappa shape index (κ3) is 2.74. The van der Waals surface area contributed by atoms with Gasteiger partial charge in [0, 0.05) is 6.54 Å². The quantitative estimate of drug-likeness (QED) is 0.874. The first-order chi connectivity index (χ1) is 10.5. The number of ether oxygens (including phenoxy) is 1. The molecule has 1 heterocycles. The zero-order valence-corrected chi connectivity index (χ0v) is 13.5. The Balaban J connectivity index is 2.16. The van der Waals surface area contributed by atoms with E-state index < -0.39 is 10.0 Å². The lowest BCUT2D eigenvalue weighted by Gasteiger charge is -2.36. The first-order valence-corrected chi connectivity index (χ1v) is 9.04. The Hall–Kier alpha value is -1.85. The molecule has 0 radical (unpaired) electrons. The fourth-order valence-electron chi connectivity index (χ4n) is 3.05. The summed E-state index contributed by atoms with van der Waals surface area (Å²) in [5.41, 5.74) is 3.16. The van der Waals surface area contributed by atoms with Crippen LogP contribution in [0.4, 0.5) is 0 Å². The molecule has 1 unspecified atom stereocenters. The average molecular weight is 317 g/mol. The number of benzene rings is 2. The number of rotatable bonds is 3. The Bertz CT molecular complexity index is 772. The van der Waals surface area contributed by atoms with E-state index in [1.165, 1.54) is 6.26 Å². The number of sulfonamides is 1. The maximum Gasteiger partial charge on any atom is 0.212 e. The van der Waals surface area contributed by atoms with E-state index in [0.29, 0.717) is 13.0 Å². The summed E-state index contributed by atoms with van der Waals surface area (Å²) >= 11 is 0. The number of fused-ring (bicyclic) bond motifs is 1. The highest BCUT2D eigenvalue weighted by Crippen LogP contribution is 2.37. The predicted molar refractivity (Wildman–Crippen MR) is 86.5 cm³/mol. The molecular formula is C17H19NO3S. The zero-order chi connectivity index (χ0) is 15.7. The van der Waals surface area contributed by atoms with Crippen molar-refractivity contribution in [3.05, 3.63) is 65.2 Å². The molecule has 0 fully saturated rings. The van der Waals surface area contributed by atoms with Crippen LogP contribution in [-0.4, -0.2) is 32.6 Å². The van der Waals surface area contributed by atoms with Gasteiger partial charge in [-0.2, -0.15) is 4.31 Å². The topological polar surface area (TPSA) is 46.6 Å². The zero-order valence-electron chi connectivity index (χ0n) is 12.7. The lowest BCUT2D eigenvalue weighted by Crippen LogP contribution is -2.39. The molecule has 2 aromatic rings. The van der Waals surface area contributed by atoms with Crippen molar-refractivity contribution < 1.29 is 13.2 Å². The van der Waals surface area contributed by atoms with Gasteiger partial charge in [0.15, 0.2) is 0 Å². The minimum Gasteiger partial charge on any atom is -0.497 e. The molecule has 5 heteroatoms. The van der Waals surface area contributed by atoms with Crippen LogP contribution < -0.4 is 4.74 Å². The fourth-order valence-corrected chi connectivity index (χ4v) is 4.09. The van der Waals surface area contributed by atoms with Crippen LogP contribution in [-0.2, 0) is 16.4 Å². The maximum atomic E-state index is 12.2. The van der Waals surface area contributed by atoms with Gasteiger partial charge >= 0.3 is 0 Å². The standard InChI is InChI=1S/C17H19NO3S/c1-21-15-8-9-16-14(12-15)10-11-18(22(2,19)20)17(16)13-6-4-3-5-7-13/h3-9,12,17H,10-11H2,1-2H3. The second kappa shape index (κ2) is 5.74. The minimum absolute atomic E-state index is 0.272. The molecule has 3 rings (SSSR count). The summed E-state index contributed by atoms with van der Waals surface area (Å²) in [6.07, 6.45) is 1.97. The second-order valence-corrected chi connectivity index (χ2v) is 7.44. The predicted octanol–water partition coefficient (Wildman–Crippen LogP) is 2.60. The van der Waals surface area contributed by atoms with Crippen molar-refractivity contribution in [1.82, 2.24) is 4.31 Å². The number of nitrogens with zero attached hydrogens (tertiary/aromatic N) is 1. The highest BCUT2D eigenvalue weighted by Gasteiger charge is 2.34. The molecule has 1 atom stereocenters. The highest BCUT2D eigenvalue weighted by molar-refractivity contribution is 7.88. The maximum absolute atomic E-state index is 12.2. The molecule has 0 N–H and O–H groups in total. The molecular weight excluding hydrogens is 298 g/mol. The van der Waals surface area contributed by atoms with Gasteiger partial charge in [0.2, 0.25) is 10.0 Å². The number of hydrogen-bond donors (Lipinski definition) is 0. The Morgan fingerprint density at radius 1 is 1.14 bits per heavy atom. The molecule has 116 valence electrons. The Kier molecular flexibility index (Phi) is 3.93. The lowest BCUT2D eigenvalue weighted by molar-refractivity contribution is 0.345. The Morgan fingerprint density at radius 2 is 1.86 bits per heavy atom. The molecule has 4 nitrogen and oxygen atoms in total. The highest BCUT2D eigenvalue weighted by atomic mass is 32.2. The van der Waals surface area contributed by atoms with Crippen LogP contribution in [0, 0.1) is 0 Å². The molecule has 22 heavy (non-hydrogen) atoms. The summed E-state index contributed by atoms with van der Waals surface area (Å²) in [5.74, 6) is 0.804. The molecule has 0 bridgehead atoms. The largest absolute Gasteiger partial charge is 0.497 e. The first-order valence-electron chi connectivity index (χ1n) is 7.19. The molecule has 1 aliphatic heterocycles. The molecule has 0 aromatic heterocycles. The van der Waals surface area contributed by atoms with Gasteiger partial charge in [0.1, 0.15) is 5.75 Å². The van der Waals surface area contributed by atoms with Crippen molar-refractivity contribution in [2.75, 3.05) is 19.9 Å². The third-order valence-electron chi connectivity index (χ3n) is 4.08. The van der Waals surface area contributed by atoms with Crippen molar-refractivity contribution in [1.29, 1.82) is 0 Å². The van der Waals surface area contributed by atoms with E-state index in [0.717, 1.165) is 22.4 Å². The van der Waals surface area contributed by atoms with Gasteiger partial charge < -0.3 is 4.74 Å². The van der Waals surface area contributed by atoms with Gasteiger partial charge in [0.25, 0.3) is 0 Å². The summed E-state index contributed by atoms with van der Waals surface area (Å²) in [6, 6.07) is 15.4. The number of hydrogen-bond acceptors (Lipinski definition) is 3. The van der Waals surface area contributed by atoms with E-state index >= 15 is 0 Å². The van der Waals surface area contributed by atoms with Gasteiger partial charge in [-0.1, -0.05) is 36.4 Å². The van der Waals surface area contributed by atoms with Crippen LogP contribution in [0.5, 0.6) is 5.75 Å². The monoisotopic (exact) mass is 317 g/mol. The smallest absolute Gasteiger partial charge is 0.212 e. The van der Waals surface area contributed by atoms with Gasteiger partial charge in [-0.15, -0.1) is 0 Å². The molecule has 0 saturated carbocycles. The van der Waals surface area contributed by atoms with E-state index in [1.54, 1.807) is 11.4 Å². The molecule has 2 aromatic carbocycles. The Labute approximate surface area is 131 Å². The van der Waals surface area contributed by atoms with Crippen molar-refractivity contribution in [3.63, 3.8) is 0 Å². The van der Waals surface area contributed by atoms with E-state index in [-0.39, 0.29) is 6.04 Å². The molecule has 0 amide bonds. The van der Waals surface area contributed by atoms with E-state index in [9.17, 15) is 8.42 Å². The van der Waals surface area contributed by atoms with Crippen molar-refractivity contribution in [3.8, 4) is 5.75 Å². The van der Waals surface area contributed by atoms with Crippen LogP contribution >= 0.6 is 0 Å². The summed E-state index contributed by atoms with van der Waals surface area (Å²) in [5, 5.41) is 0. The van der Waals surface area contributed by atoms with Crippen LogP contribution in [0.3, 0.4) is 0 Å². The van der Waals surface area contributed by atoms with Crippen LogP contribution in [0.1, 0.15) is 22.7 Å². The van der Waals surface area contributed by atoms with Gasteiger partial charge in [-0.3, -0.25) is 0 Å². The second-order valence-electron chi connectivity index (χ2n) is 5.50. The van der Waals surface area contributed by atoms with E-state index in [2.05, 4.69) is 0 Å². The summed E-state index contributed by atoms with van der Waals surface area (Å²) < 4.78 is 31.3. The minimum atomic E-state index is -3.28. The van der Waals surface area contributed by atoms with Gasteiger partial charge in [0.05, 0.1) is 19.4 Å². The SMILES string of the molecule is COc1ccc2c(c1)CCN(S(C)(=O)=O)C2c1ccccc1. The van der Waals surface area contributed by atoms with Crippen LogP contribution in [0.2, 0.25) is 0 Å². The Morgan fingerprint density at radius 3 is 2.50 bits per heavy atom. The van der Waals surface area contributed by atoms with Crippen molar-refractivity contribution in [2.24, 2.45) is 0 Å². The molecule has 1 aliphatic rings. The van der Waals surface area contributed by atoms with Crippen LogP contribution in [0.25, 0.3) is 0 Å². The summed E-state index contributed by atoms with van der Waals surface area (Å²) in [6.45, 7) is 0.485. The van der Waals surface area contributed by atoms with E-state index in [4.69, 9.17) is 4.74 Å². The summed E-state index contributed by atoms with van der Waals surface area (Å²) in [7, 11) is -1.64.